The molecule has 0 aliphatic rings. The summed E-state index contributed by atoms with van der Waals surface area (Å²) in [5.74, 6) is -0.116. The second-order valence-corrected chi connectivity index (χ2v) is 6.05. The molecule has 2 rings (SSSR count). The van der Waals surface area contributed by atoms with Crippen molar-refractivity contribution in [2.24, 2.45) is 0 Å². The van der Waals surface area contributed by atoms with E-state index in [0.717, 1.165) is 24.8 Å². The van der Waals surface area contributed by atoms with Crippen molar-refractivity contribution < 1.29 is 9.59 Å². The summed E-state index contributed by atoms with van der Waals surface area (Å²) in [5.41, 5.74) is 8.55. The first-order valence-corrected chi connectivity index (χ1v) is 8.61. The van der Waals surface area contributed by atoms with Crippen LogP contribution in [-0.2, 0) is 16.0 Å². The smallest absolute Gasteiger partial charge is 0.228 e. The molecule has 0 aliphatic heterocycles. The van der Waals surface area contributed by atoms with Crippen molar-refractivity contribution in [2.45, 2.75) is 39.0 Å². The summed E-state index contributed by atoms with van der Waals surface area (Å²) in [7, 11) is 0. The van der Waals surface area contributed by atoms with Gasteiger partial charge in [0.2, 0.25) is 11.8 Å². The summed E-state index contributed by atoms with van der Waals surface area (Å²) in [4.78, 5) is 24.0. The van der Waals surface area contributed by atoms with Gasteiger partial charge in [-0.3, -0.25) is 9.59 Å². The first-order valence-electron chi connectivity index (χ1n) is 8.61. The molecule has 0 spiro atoms. The summed E-state index contributed by atoms with van der Waals surface area (Å²) in [6.45, 7) is 2.11. The van der Waals surface area contributed by atoms with Crippen LogP contribution in [0.2, 0.25) is 0 Å². The lowest BCUT2D eigenvalue weighted by Crippen LogP contribution is -2.15. The van der Waals surface area contributed by atoms with Gasteiger partial charge in [0, 0.05) is 23.5 Å². The zero-order chi connectivity index (χ0) is 18.1. The molecule has 0 fully saturated rings. The van der Waals surface area contributed by atoms with Crippen LogP contribution in [0.25, 0.3) is 0 Å². The fraction of sp³-hybridized carbons (Fsp3) is 0.300. The Bertz CT molecular complexity index is 711. The van der Waals surface area contributed by atoms with Gasteiger partial charge in [0.15, 0.2) is 0 Å². The molecule has 0 aliphatic carbocycles. The molecule has 25 heavy (non-hydrogen) atoms. The quantitative estimate of drug-likeness (QED) is 0.502. The molecule has 0 saturated heterocycles. The lowest BCUT2D eigenvalue weighted by Gasteiger charge is -2.09. The van der Waals surface area contributed by atoms with Gasteiger partial charge in [-0.05, 0) is 42.3 Å². The number of carbonyl (C=O) groups is 2. The molecular weight excluding hydrogens is 314 g/mol. The molecule has 0 radical (unpaired) electrons. The highest BCUT2D eigenvalue weighted by Gasteiger charge is 2.06. The second-order valence-electron chi connectivity index (χ2n) is 6.05. The van der Waals surface area contributed by atoms with Crippen molar-refractivity contribution in [3.05, 3.63) is 54.1 Å². The zero-order valence-electron chi connectivity index (χ0n) is 14.5. The topological polar surface area (TPSA) is 84.2 Å². The van der Waals surface area contributed by atoms with Gasteiger partial charge in [0.1, 0.15) is 0 Å². The van der Waals surface area contributed by atoms with Crippen molar-refractivity contribution >= 4 is 28.9 Å². The number of hydrogen-bond donors (Lipinski definition) is 3. The van der Waals surface area contributed by atoms with Crippen LogP contribution in [-0.4, -0.2) is 11.8 Å². The fourth-order valence-electron chi connectivity index (χ4n) is 2.46. The van der Waals surface area contributed by atoms with Crippen molar-refractivity contribution in [1.29, 1.82) is 0 Å². The van der Waals surface area contributed by atoms with E-state index in [2.05, 4.69) is 17.6 Å². The molecule has 0 aromatic heterocycles. The second kappa shape index (κ2) is 9.47. The molecule has 5 nitrogen and oxygen atoms in total. The Morgan fingerprint density at radius 3 is 2.20 bits per heavy atom. The van der Waals surface area contributed by atoms with Crippen LogP contribution in [0.5, 0.6) is 0 Å². The lowest BCUT2D eigenvalue weighted by atomic mass is 10.1. The molecule has 0 bridgehead atoms. The van der Waals surface area contributed by atoms with Crippen LogP contribution in [0, 0.1) is 0 Å². The number of anilines is 3. The van der Waals surface area contributed by atoms with Gasteiger partial charge in [0.05, 0.1) is 6.42 Å². The largest absolute Gasteiger partial charge is 0.399 e. The maximum Gasteiger partial charge on any atom is 0.228 e. The van der Waals surface area contributed by atoms with Gasteiger partial charge in [-0.1, -0.05) is 38.0 Å². The van der Waals surface area contributed by atoms with E-state index in [1.165, 1.54) is 0 Å². The molecule has 2 aromatic rings. The summed E-state index contributed by atoms with van der Waals surface area (Å²) in [6, 6.07) is 14.4. The van der Waals surface area contributed by atoms with Crippen LogP contribution in [0.1, 0.15) is 38.2 Å². The average molecular weight is 339 g/mol. The third-order valence-corrected chi connectivity index (χ3v) is 3.78. The van der Waals surface area contributed by atoms with Crippen molar-refractivity contribution in [3.8, 4) is 0 Å². The van der Waals surface area contributed by atoms with Gasteiger partial charge < -0.3 is 16.4 Å². The summed E-state index contributed by atoms with van der Waals surface area (Å²) in [6.07, 6.45) is 3.81. The third-order valence-electron chi connectivity index (χ3n) is 3.78. The monoisotopic (exact) mass is 339 g/mol. The van der Waals surface area contributed by atoms with E-state index >= 15 is 0 Å². The van der Waals surface area contributed by atoms with Gasteiger partial charge in [0.25, 0.3) is 0 Å². The lowest BCUT2D eigenvalue weighted by molar-refractivity contribution is -0.116. The van der Waals surface area contributed by atoms with Crippen LogP contribution >= 0.6 is 0 Å². The minimum atomic E-state index is -0.115. The average Bonchev–Trinajstić information content (AvgIpc) is 2.57. The number of rotatable bonds is 8. The summed E-state index contributed by atoms with van der Waals surface area (Å²) < 4.78 is 0. The normalized spacial score (nSPS) is 10.3. The van der Waals surface area contributed by atoms with Crippen LogP contribution < -0.4 is 16.4 Å². The van der Waals surface area contributed by atoms with Crippen LogP contribution in [0.3, 0.4) is 0 Å². The van der Waals surface area contributed by atoms with Crippen molar-refractivity contribution in [1.82, 2.24) is 0 Å². The number of nitrogens with two attached hydrogens (primary N) is 1. The minimum absolute atomic E-state index is 0.00111. The van der Waals surface area contributed by atoms with Gasteiger partial charge in [-0.2, -0.15) is 0 Å². The highest BCUT2D eigenvalue weighted by molar-refractivity contribution is 5.94. The molecule has 2 amide bonds. The van der Waals surface area contributed by atoms with Crippen molar-refractivity contribution in [2.75, 3.05) is 16.4 Å². The molecule has 4 N–H and O–H groups in total. The maximum absolute atomic E-state index is 12.1. The molecule has 0 saturated carbocycles. The van der Waals surface area contributed by atoms with E-state index in [9.17, 15) is 9.59 Å². The number of unbranched alkanes of at least 4 members (excludes halogenated alkanes) is 2. The highest BCUT2D eigenvalue weighted by Crippen LogP contribution is 2.16. The molecule has 132 valence electrons. The number of benzene rings is 2. The molecule has 0 heterocycles. The number of nitrogen functional groups attached to an aromatic ring is 1. The Morgan fingerprint density at radius 1 is 0.920 bits per heavy atom. The number of nitrogens with one attached hydrogen (secondary N) is 2. The van der Waals surface area contributed by atoms with E-state index in [0.29, 0.717) is 23.5 Å². The molecule has 0 atom stereocenters. The third kappa shape index (κ3) is 6.67. The SMILES string of the molecule is CCCCCC(=O)Nc1cccc(NC(=O)Cc2ccc(N)cc2)c1. The van der Waals surface area contributed by atoms with Crippen LogP contribution in [0.4, 0.5) is 17.1 Å². The van der Waals surface area contributed by atoms with Gasteiger partial charge >= 0.3 is 0 Å². The van der Waals surface area contributed by atoms with E-state index in [-0.39, 0.29) is 18.2 Å². The Balaban J connectivity index is 1.88. The van der Waals surface area contributed by atoms with E-state index in [1.54, 1.807) is 30.3 Å². The highest BCUT2D eigenvalue weighted by atomic mass is 16.2. The van der Waals surface area contributed by atoms with Crippen molar-refractivity contribution in [3.63, 3.8) is 0 Å². The molecule has 5 heteroatoms. The molecular formula is C20H25N3O2. The van der Waals surface area contributed by atoms with Crippen LogP contribution in [0.15, 0.2) is 48.5 Å². The number of amides is 2. The first-order chi connectivity index (χ1) is 12.1. The maximum atomic E-state index is 12.1. The van der Waals surface area contributed by atoms with Gasteiger partial charge in [-0.25, -0.2) is 0 Å². The zero-order valence-corrected chi connectivity index (χ0v) is 14.5. The molecule has 0 unspecified atom stereocenters. The summed E-state index contributed by atoms with van der Waals surface area (Å²) >= 11 is 0. The molecule has 2 aromatic carbocycles. The van der Waals surface area contributed by atoms with Gasteiger partial charge in [-0.15, -0.1) is 0 Å². The van der Waals surface area contributed by atoms with E-state index in [4.69, 9.17) is 5.73 Å². The minimum Gasteiger partial charge on any atom is -0.399 e. The number of carbonyl (C=O) groups excluding carboxylic acids is 2. The fourth-order valence-corrected chi connectivity index (χ4v) is 2.46. The standard InChI is InChI=1S/C20H25N3O2/c1-2-3-4-8-19(24)22-17-6-5-7-18(14-17)23-20(25)13-15-9-11-16(21)12-10-15/h5-7,9-12,14H,2-4,8,13,21H2,1H3,(H,22,24)(H,23,25). The first kappa shape index (κ1) is 18.5. The predicted octanol–water partition coefficient (Wildman–Crippen LogP) is 3.97. The Morgan fingerprint density at radius 2 is 1.56 bits per heavy atom. The van der Waals surface area contributed by atoms with E-state index < -0.39 is 0 Å². The summed E-state index contributed by atoms with van der Waals surface area (Å²) in [5, 5.41) is 5.72. The Hall–Kier alpha value is -2.82. The van der Waals surface area contributed by atoms with E-state index in [1.807, 2.05) is 18.2 Å². The predicted molar refractivity (Wildman–Crippen MR) is 102 cm³/mol. The Kier molecular flexibility index (Phi) is 7.01. The number of hydrogen-bond acceptors (Lipinski definition) is 3. The Labute approximate surface area is 148 Å².